The van der Waals surface area contributed by atoms with Gasteiger partial charge in [0.1, 0.15) is 0 Å². The minimum absolute atomic E-state index is 0.334. The fourth-order valence-corrected chi connectivity index (χ4v) is 4.10. The molecule has 0 unspecified atom stereocenters. The number of benzene rings is 2. The molecule has 148 valence electrons. The number of carbonyl (C=O) groups excluding carboxylic acids is 1. The SMILES string of the molecule is NC(=O)c1cccc(-c2nccnc2[C@@H]2CCCN(CCc3ccccc3)C2)c1. The predicted molar refractivity (Wildman–Crippen MR) is 115 cm³/mol. The number of likely N-dealkylation sites (tertiary alicyclic amines) is 1. The highest BCUT2D eigenvalue weighted by molar-refractivity contribution is 5.94. The predicted octanol–water partition coefficient (Wildman–Crippen LogP) is 3.66. The summed E-state index contributed by atoms with van der Waals surface area (Å²) in [6.45, 7) is 3.15. The highest BCUT2D eigenvalue weighted by atomic mass is 16.1. The van der Waals surface area contributed by atoms with Crippen molar-refractivity contribution in [2.24, 2.45) is 5.73 Å². The zero-order chi connectivity index (χ0) is 20.1. The third kappa shape index (κ3) is 4.69. The van der Waals surface area contributed by atoms with E-state index in [2.05, 4.69) is 40.2 Å². The van der Waals surface area contributed by atoms with Crippen molar-refractivity contribution in [3.8, 4) is 11.3 Å². The summed E-state index contributed by atoms with van der Waals surface area (Å²) in [5.74, 6) is -0.0949. The van der Waals surface area contributed by atoms with Crippen LogP contribution in [0.15, 0.2) is 67.0 Å². The van der Waals surface area contributed by atoms with Gasteiger partial charge in [0.2, 0.25) is 5.91 Å². The fraction of sp³-hybridized carbons (Fsp3) is 0.292. The van der Waals surface area contributed by atoms with Crippen LogP contribution in [-0.2, 0) is 6.42 Å². The van der Waals surface area contributed by atoms with Crippen LogP contribution < -0.4 is 5.73 Å². The standard InChI is InChI=1S/C24H26N4O/c25-24(29)20-9-4-8-19(16-20)22-23(27-13-12-26-22)21-10-5-14-28(17-21)15-11-18-6-2-1-3-7-18/h1-4,6-9,12-13,16,21H,5,10-11,14-15,17H2,(H2,25,29)/t21-/m1/s1. The smallest absolute Gasteiger partial charge is 0.248 e. The molecule has 3 aromatic rings. The van der Waals surface area contributed by atoms with E-state index in [1.807, 2.05) is 18.2 Å². The first kappa shape index (κ1) is 19.3. The van der Waals surface area contributed by atoms with Crippen molar-refractivity contribution < 1.29 is 4.79 Å². The van der Waals surface area contributed by atoms with Gasteiger partial charge < -0.3 is 10.6 Å². The maximum atomic E-state index is 11.6. The number of nitrogens with two attached hydrogens (primary N) is 1. The van der Waals surface area contributed by atoms with Gasteiger partial charge >= 0.3 is 0 Å². The number of piperidine rings is 1. The number of aromatic nitrogens is 2. The van der Waals surface area contributed by atoms with E-state index in [0.717, 1.165) is 55.8 Å². The van der Waals surface area contributed by atoms with E-state index in [-0.39, 0.29) is 0 Å². The molecule has 1 aromatic heterocycles. The summed E-state index contributed by atoms with van der Waals surface area (Å²) in [6, 6.07) is 18.0. The van der Waals surface area contributed by atoms with Crippen LogP contribution >= 0.6 is 0 Å². The second-order valence-electron chi connectivity index (χ2n) is 7.61. The van der Waals surface area contributed by atoms with Gasteiger partial charge in [-0.1, -0.05) is 42.5 Å². The molecule has 4 rings (SSSR count). The molecule has 1 aliphatic heterocycles. The molecule has 2 heterocycles. The molecule has 0 radical (unpaired) electrons. The molecule has 1 atom stereocenters. The number of primary amides is 1. The Morgan fingerprint density at radius 2 is 1.90 bits per heavy atom. The number of rotatable bonds is 6. The normalized spacial score (nSPS) is 17.2. The Labute approximate surface area is 171 Å². The molecule has 5 nitrogen and oxygen atoms in total. The first-order chi connectivity index (χ1) is 14.2. The maximum Gasteiger partial charge on any atom is 0.248 e. The Kier molecular flexibility index (Phi) is 5.96. The van der Waals surface area contributed by atoms with Crippen LogP contribution in [0.2, 0.25) is 0 Å². The van der Waals surface area contributed by atoms with E-state index in [9.17, 15) is 4.79 Å². The topological polar surface area (TPSA) is 72.1 Å². The Balaban J connectivity index is 1.52. The number of hydrogen-bond acceptors (Lipinski definition) is 4. The third-order valence-electron chi connectivity index (χ3n) is 5.60. The van der Waals surface area contributed by atoms with Crippen molar-refractivity contribution in [1.82, 2.24) is 14.9 Å². The summed E-state index contributed by atoms with van der Waals surface area (Å²) >= 11 is 0. The molecule has 29 heavy (non-hydrogen) atoms. The lowest BCUT2D eigenvalue weighted by Gasteiger charge is -2.33. The van der Waals surface area contributed by atoms with Crippen LogP contribution in [0.4, 0.5) is 0 Å². The minimum Gasteiger partial charge on any atom is -0.366 e. The van der Waals surface area contributed by atoms with E-state index >= 15 is 0 Å². The van der Waals surface area contributed by atoms with E-state index < -0.39 is 5.91 Å². The summed E-state index contributed by atoms with van der Waals surface area (Å²) in [4.78, 5) is 23.4. The number of amides is 1. The van der Waals surface area contributed by atoms with Crippen LogP contribution in [-0.4, -0.2) is 40.4 Å². The second kappa shape index (κ2) is 8.97. The van der Waals surface area contributed by atoms with Gasteiger partial charge in [-0.15, -0.1) is 0 Å². The highest BCUT2D eigenvalue weighted by Gasteiger charge is 2.25. The molecule has 5 heteroatoms. The number of hydrogen-bond donors (Lipinski definition) is 1. The molecule has 0 spiro atoms. The van der Waals surface area contributed by atoms with Gasteiger partial charge in [-0.05, 0) is 43.5 Å². The molecule has 1 fully saturated rings. The fourth-order valence-electron chi connectivity index (χ4n) is 4.10. The quantitative estimate of drug-likeness (QED) is 0.702. The first-order valence-corrected chi connectivity index (χ1v) is 10.2. The van der Waals surface area contributed by atoms with Gasteiger partial charge in [0.05, 0.1) is 11.4 Å². The van der Waals surface area contributed by atoms with Crippen LogP contribution in [0.25, 0.3) is 11.3 Å². The molecule has 0 saturated carbocycles. The Bertz CT molecular complexity index is 973. The van der Waals surface area contributed by atoms with E-state index in [1.165, 1.54) is 5.56 Å². The van der Waals surface area contributed by atoms with E-state index in [4.69, 9.17) is 10.7 Å². The second-order valence-corrected chi connectivity index (χ2v) is 7.61. The van der Waals surface area contributed by atoms with E-state index in [1.54, 1.807) is 18.5 Å². The lowest BCUT2D eigenvalue weighted by atomic mass is 9.91. The summed E-state index contributed by atoms with van der Waals surface area (Å²) in [5.41, 5.74) is 10.1. The van der Waals surface area contributed by atoms with Crippen LogP contribution in [0.1, 0.15) is 40.4 Å². The summed E-state index contributed by atoms with van der Waals surface area (Å²) in [6.07, 6.45) is 6.78. The zero-order valence-corrected chi connectivity index (χ0v) is 16.5. The molecule has 2 N–H and O–H groups in total. The molecule has 1 amide bonds. The molecular weight excluding hydrogens is 360 g/mol. The van der Waals surface area contributed by atoms with Crippen molar-refractivity contribution in [3.63, 3.8) is 0 Å². The Morgan fingerprint density at radius 1 is 1.07 bits per heavy atom. The van der Waals surface area contributed by atoms with Crippen molar-refractivity contribution in [1.29, 1.82) is 0 Å². The summed E-state index contributed by atoms with van der Waals surface area (Å²) in [7, 11) is 0. The van der Waals surface area contributed by atoms with Crippen molar-refractivity contribution >= 4 is 5.91 Å². The highest BCUT2D eigenvalue weighted by Crippen LogP contribution is 2.32. The van der Waals surface area contributed by atoms with Gasteiger partial charge in [-0.25, -0.2) is 0 Å². The number of nitrogens with zero attached hydrogens (tertiary/aromatic N) is 3. The monoisotopic (exact) mass is 386 g/mol. The zero-order valence-electron chi connectivity index (χ0n) is 16.5. The third-order valence-corrected chi connectivity index (χ3v) is 5.60. The molecule has 0 aliphatic carbocycles. The van der Waals surface area contributed by atoms with Crippen molar-refractivity contribution in [3.05, 3.63) is 83.8 Å². The van der Waals surface area contributed by atoms with Crippen molar-refractivity contribution in [2.75, 3.05) is 19.6 Å². The lowest BCUT2D eigenvalue weighted by Crippen LogP contribution is -2.36. The lowest BCUT2D eigenvalue weighted by molar-refractivity contribution is 0.100. The van der Waals surface area contributed by atoms with E-state index in [0.29, 0.717) is 11.5 Å². The van der Waals surface area contributed by atoms with Gasteiger partial charge in [-0.2, -0.15) is 0 Å². The minimum atomic E-state index is -0.429. The Hall–Kier alpha value is -3.05. The molecule has 0 bridgehead atoms. The van der Waals surface area contributed by atoms with Gasteiger partial charge in [-0.3, -0.25) is 14.8 Å². The Morgan fingerprint density at radius 3 is 2.72 bits per heavy atom. The average Bonchev–Trinajstić information content (AvgIpc) is 2.79. The molecule has 2 aromatic carbocycles. The summed E-state index contributed by atoms with van der Waals surface area (Å²) < 4.78 is 0. The van der Waals surface area contributed by atoms with Gasteiger partial charge in [0.25, 0.3) is 0 Å². The maximum absolute atomic E-state index is 11.6. The van der Waals surface area contributed by atoms with Gasteiger partial charge in [0, 0.05) is 42.5 Å². The summed E-state index contributed by atoms with van der Waals surface area (Å²) in [5, 5.41) is 0. The van der Waals surface area contributed by atoms with Crippen molar-refractivity contribution in [2.45, 2.75) is 25.2 Å². The first-order valence-electron chi connectivity index (χ1n) is 10.2. The average molecular weight is 386 g/mol. The molecular formula is C24H26N4O. The van der Waals surface area contributed by atoms with Crippen LogP contribution in [0, 0.1) is 0 Å². The molecule has 1 aliphatic rings. The molecule has 1 saturated heterocycles. The van der Waals surface area contributed by atoms with Crippen LogP contribution in [0.3, 0.4) is 0 Å². The largest absolute Gasteiger partial charge is 0.366 e. The number of carbonyl (C=O) groups is 1. The van der Waals surface area contributed by atoms with Gasteiger partial charge in [0.15, 0.2) is 0 Å². The van der Waals surface area contributed by atoms with Crippen LogP contribution in [0.5, 0.6) is 0 Å².